The Morgan fingerprint density at radius 3 is 2.50 bits per heavy atom. The number of hydrogen-bond acceptors (Lipinski definition) is 8. The number of nitrogens with zero attached hydrogens (tertiary/aromatic N) is 3. The van der Waals surface area contributed by atoms with Crippen molar-refractivity contribution in [3.8, 4) is 5.88 Å². The van der Waals surface area contributed by atoms with Crippen LogP contribution in [0.1, 0.15) is 78.6 Å². The summed E-state index contributed by atoms with van der Waals surface area (Å²) in [7, 11) is 0. The van der Waals surface area contributed by atoms with E-state index in [1.807, 2.05) is 40.7 Å². The largest absolute Gasteiger partial charge is 0.474 e. The quantitative estimate of drug-likeness (QED) is 0.328. The molecule has 1 atom stereocenters. The topological polar surface area (TPSA) is 117 Å². The van der Waals surface area contributed by atoms with E-state index in [0.29, 0.717) is 44.5 Å². The fourth-order valence-corrected chi connectivity index (χ4v) is 7.18. The standard InChI is InChI=1S/C32H40FN5O5S/c33-21-19-26(32(34-20-21)43-24-12-17-44-18-13-24)30(39)35-22-8-10-23(11-9-22)36-31(40)29-25-5-1-2-6-27(25)38(37-29)14-16-42-28-7-3-4-15-41-28/h1-2,5-6,19-20,22-24,28H,3-4,7-18H2,(H,35,39)(H,36,40). The van der Waals surface area contributed by atoms with Crippen LogP contribution < -0.4 is 15.4 Å². The smallest absolute Gasteiger partial charge is 0.272 e. The van der Waals surface area contributed by atoms with Crippen LogP contribution >= 0.6 is 11.8 Å². The zero-order valence-corrected chi connectivity index (χ0v) is 25.7. The van der Waals surface area contributed by atoms with Crippen molar-refractivity contribution in [2.45, 2.75) is 88.8 Å². The molecule has 236 valence electrons. The molecule has 2 amide bonds. The molecule has 3 aliphatic rings. The molecule has 1 aliphatic carbocycles. The van der Waals surface area contributed by atoms with E-state index in [9.17, 15) is 14.0 Å². The van der Waals surface area contributed by atoms with Gasteiger partial charge in [0.05, 0.1) is 24.9 Å². The van der Waals surface area contributed by atoms with Gasteiger partial charge in [-0.15, -0.1) is 0 Å². The number of hydrogen-bond donors (Lipinski definition) is 2. The van der Waals surface area contributed by atoms with Gasteiger partial charge in [-0.3, -0.25) is 14.3 Å². The Morgan fingerprint density at radius 2 is 1.75 bits per heavy atom. The molecule has 44 heavy (non-hydrogen) atoms. The van der Waals surface area contributed by atoms with Crippen molar-refractivity contribution in [1.82, 2.24) is 25.4 Å². The van der Waals surface area contributed by atoms with Crippen LogP contribution in [-0.2, 0) is 16.0 Å². The van der Waals surface area contributed by atoms with E-state index in [4.69, 9.17) is 14.2 Å². The minimum atomic E-state index is -0.575. The van der Waals surface area contributed by atoms with Gasteiger partial charge in [-0.1, -0.05) is 18.2 Å². The number of nitrogens with one attached hydrogen (secondary N) is 2. The Bertz CT molecular complexity index is 1430. The number of amides is 2. The van der Waals surface area contributed by atoms with Crippen LogP contribution in [0.3, 0.4) is 0 Å². The lowest BCUT2D eigenvalue weighted by Crippen LogP contribution is -2.44. The molecule has 0 radical (unpaired) electrons. The molecule has 3 aromatic rings. The average Bonchev–Trinajstić information content (AvgIpc) is 3.42. The maximum atomic E-state index is 14.1. The van der Waals surface area contributed by atoms with E-state index >= 15 is 0 Å². The number of thioether (sulfide) groups is 1. The maximum absolute atomic E-state index is 14.1. The fourth-order valence-electron chi connectivity index (χ4n) is 6.11. The van der Waals surface area contributed by atoms with Crippen LogP contribution in [0.15, 0.2) is 36.5 Å². The normalized spacial score (nSPS) is 22.9. The van der Waals surface area contributed by atoms with Crippen LogP contribution in [0.5, 0.6) is 5.88 Å². The molecule has 2 aromatic heterocycles. The number of rotatable bonds is 10. The third kappa shape index (κ3) is 7.70. The summed E-state index contributed by atoms with van der Waals surface area (Å²) in [6.07, 6.45) is 8.50. The van der Waals surface area contributed by atoms with Gasteiger partial charge in [0, 0.05) is 24.1 Å². The monoisotopic (exact) mass is 625 g/mol. The molecular weight excluding hydrogens is 585 g/mol. The molecule has 12 heteroatoms. The van der Waals surface area contributed by atoms with Gasteiger partial charge in [0.2, 0.25) is 5.88 Å². The van der Waals surface area contributed by atoms with E-state index < -0.39 is 5.82 Å². The van der Waals surface area contributed by atoms with Crippen LogP contribution in [0.2, 0.25) is 0 Å². The van der Waals surface area contributed by atoms with Gasteiger partial charge in [-0.2, -0.15) is 16.9 Å². The minimum Gasteiger partial charge on any atom is -0.474 e. The summed E-state index contributed by atoms with van der Waals surface area (Å²) >= 11 is 1.88. The molecule has 10 nitrogen and oxygen atoms in total. The summed E-state index contributed by atoms with van der Waals surface area (Å²) in [5, 5.41) is 11.7. The number of halogens is 1. The summed E-state index contributed by atoms with van der Waals surface area (Å²) < 4.78 is 33.5. The second-order valence-electron chi connectivity index (χ2n) is 11.7. The first kappa shape index (κ1) is 30.8. The number of carbonyl (C=O) groups is 2. The van der Waals surface area contributed by atoms with E-state index in [2.05, 4.69) is 20.7 Å². The van der Waals surface area contributed by atoms with Crippen LogP contribution in [0.4, 0.5) is 4.39 Å². The van der Waals surface area contributed by atoms with Gasteiger partial charge in [0.25, 0.3) is 11.8 Å². The fraction of sp³-hybridized carbons (Fsp3) is 0.562. The van der Waals surface area contributed by atoms with Gasteiger partial charge in [0.15, 0.2) is 12.0 Å². The molecule has 0 bridgehead atoms. The van der Waals surface area contributed by atoms with Gasteiger partial charge in [-0.05, 0) is 81.4 Å². The molecule has 6 rings (SSSR count). The number of pyridine rings is 1. The third-order valence-electron chi connectivity index (χ3n) is 8.52. The Labute approximate surface area is 260 Å². The lowest BCUT2D eigenvalue weighted by molar-refractivity contribution is -0.163. The Balaban J connectivity index is 1.02. The number of ether oxygens (including phenoxy) is 3. The third-order valence-corrected chi connectivity index (χ3v) is 9.57. The number of carbonyl (C=O) groups excluding carboxylic acids is 2. The predicted molar refractivity (Wildman–Crippen MR) is 165 cm³/mol. The lowest BCUT2D eigenvalue weighted by atomic mass is 9.91. The van der Waals surface area contributed by atoms with E-state index in [-0.39, 0.29) is 47.7 Å². The van der Waals surface area contributed by atoms with E-state index in [0.717, 1.165) is 67.3 Å². The molecule has 4 heterocycles. The van der Waals surface area contributed by atoms with Gasteiger partial charge in [-0.25, -0.2) is 9.37 Å². The molecule has 1 aromatic carbocycles. The molecule has 0 spiro atoms. The summed E-state index contributed by atoms with van der Waals surface area (Å²) in [6.45, 7) is 1.70. The summed E-state index contributed by atoms with van der Waals surface area (Å²) in [4.78, 5) is 30.6. The summed E-state index contributed by atoms with van der Waals surface area (Å²) in [6, 6.07) is 8.79. The first-order valence-electron chi connectivity index (χ1n) is 15.7. The minimum absolute atomic E-state index is 0.0205. The Hall–Kier alpha value is -3.22. The predicted octanol–water partition coefficient (Wildman–Crippen LogP) is 4.86. The highest BCUT2D eigenvalue weighted by molar-refractivity contribution is 7.99. The highest BCUT2D eigenvalue weighted by Gasteiger charge is 2.28. The number of benzene rings is 1. The molecule has 1 unspecified atom stereocenters. The SMILES string of the molecule is O=C(NC1CCC(NC(=O)c2nn(CCOC3CCCCO3)c3ccccc23)CC1)c1cc(F)cnc1OC1CCSCC1. The van der Waals surface area contributed by atoms with Gasteiger partial charge < -0.3 is 24.8 Å². The lowest BCUT2D eigenvalue weighted by Gasteiger charge is -2.30. The van der Waals surface area contributed by atoms with E-state index in [1.165, 1.54) is 6.07 Å². The van der Waals surface area contributed by atoms with Crippen LogP contribution in [-0.4, -0.2) is 75.8 Å². The highest BCUT2D eigenvalue weighted by Crippen LogP contribution is 2.26. The highest BCUT2D eigenvalue weighted by atomic mass is 32.2. The summed E-state index contributed by atoms with van der Waals surface area (Å²) in [5.41, 5.74) is 1.40. The molecule has 3 fully saturated rings. The van der Waals surface area contributed by atoms with Crippen LogP contribution in [0, 0.1) is 5.82 Å². The Kier molecular flexibility index (Phi) is 10.3. The van der Waals surface area contributed by atoms with Gasteiger partial charge in [0.1, 0.15) is 17.5 Å². The average molecular weight is 626 g/mol. The molecule has 2 saturated heterocycles. The molecule has 2 N–H and O–H groups in total. The molecule has 2 aliphatic heterocycles. The Morgan fingerprint density at radius 1 is 1.00 bits per heavy atom. The molecule has 1 saturated carbocycles. The van der Waals surface area contributed by atoms with Crippen molar-refractivity contribution in [2.24, 2.45) is 0 Å². The van der Waals surface area contributed by atoms with Crippen molar-refractivity contribution >= 4 is 34.5 Å². The molecular formula is C32H40FN5O5S. The van der Waals surface area contributed by atoms with Crippen molar-refractivity contribution in [3.05, 3.63) is 53.6 Å². The van der Waals surface area contributed by atoms with Crippen molar-refractivity contribution < 1.29 is 28.2 Å². The van der Waals surface area contributed by atoms with Crippen LogP contribution in [0.25, 0.3) is 10.9 Å². The zero-order valence-electron chi connectivity index (χ0n) is 24.8. The first-order chi connectivity index (χ1) is 21.5. The summed E-state index contributed by atoms with van der Waals surface area (Å²) in [5.74, 6) is 1.00. The van der Waals surface area contributed by atoms with Crippen molar-refractivity contribution in [3.63, 3.8) is 0 Å². The first-order valence-corrected chi connectivity index (χ1v) is 16.9. The zero-order chi connectivity index (χ0) is 30.3. The maximum Gasteiger partial charge on any atom is 0.272 e. The second-order valence-corrected chi connectivity index (χ2v) is 12.9. The van der Waals surface area contributed by atoms with Crippen molar-refractivity contribution in [1.29, 1.82) is 0 Å². The second kappa shape index (κ2) is 14.7. The van der Waals surface area contributed by atoms with Gasteiger partial charge >= 0.3 is 0 Å². The number of fused-ring (bicyclic) bond motifs is 1. The van der Waals surface area contributed by atoms with Crippen molar-refractivity contribution in [2.75, 3.05) is 24.7 Å². The number of aromatic nitrogens is 3. The van der Waals surface area contributed by atoms with E-state index in [1.54, 1.807) is 0 Å². The number of para-hydroxylation sites is 1.